The van der Waals surface area contributed by atoms with Crippen LogP contribution in [-0.4, -0.2) is 33.8 Å². The fourth-order valence-electron chi connectivity index (χ4n) is 6.32. The van der Waals surface area contributed by atoms with Gasteiger partial charge in [-0.1, -0.05) is 103 Å². The van der Waals surface area contributed by atoms with E-state index in [1.54, 1.807) is 35.2 Å². The van der Waals surface area contributed by atoms with Crippen molar-refractivity contribution in [3.8, 4) is 11.1 Å². The van der Waals surface area contributed by atoms with E-state index in [9.17, 15) is 14.7 Å². The van der Waals surface area contributed by atoms with Crippen LogP contribution in [0.3, 0.4) is 0 Å². The van der Waals surface area contributed by atoms with E-state index in [-0.39, 0.29) is 43.5 Å². The predicted octanol–water partition coefficient (Wildman–Crippen LogP) is 8.80. The lowest BCUT2D eigenvalue weighted by Gasteiger charge is -2.36. The lowest BCUT2D eigenvalue weighted by Crippen LogP contribution is -2.31. The number of aromatic nitrogens is 1. The van der Waals surface area contributed by atoms with E-state index in [1.165, 1.54) is 4.70 Å². The number of benzene rings is 5. The molecule has 1 aliphatic heterocycles. The van der Waals surface area contributed by atoms with Crippen LogP contribution >= 0.6 is 23.1 Å². The number of rotatable bonds is 14. The average molecular weight is 759 g/mol. The number of nitrogen functional groups attached to an aromatic ring is 1. The number of hydrogen-bond donors (Lipinski definition) is 4. The number of carbonyl (C=O) groups is 2. The van der Waals surface area contributed by atoms with Gasteiger partial charge in [-0.2, -0.15) is 0 Å². The van der Waals surface area contributed by atoms with Crippen LogP contribution in [0.5, 0.6) is 0 Å². The van der Waals surface area contributed by atoms with Crippen LogP contribution in [-0.2, 0) is 32.2 Å². The third kappa shape index (κ3) is 9.73. The zero-order valence-corrected chi connectivity index (χ0v) is 31.3. The number of para-hydroxylation sites is 3. The molecule has 0 saturated carbocycles. The minimum absolute atomic E-state index is 0.00312. The highest BCUT2D eigenvalue weighted by atomic mass is 32.2. The number of hydrogen-bond acceptors (Lipinski definition) is 9. The minimum atomic E-state index is -0.555. The molecule has 276 valence electrons. The molecule has 2 amide bonds. The van der Waals surface area contributed by atoms with Gasteiger partial charge in [0.05, 0.1) is 40.4 Å². The average Bonchev–Trinajstić information content (AvgIpc) is 3.63. The van der Waals surface area contributed by atoms with Crippen LogP contribution in [0.15, 0.2) is 126 Å². The lowest BCUT2D eigenvalue weighted by molar-refractivity contribution is -0.245. The Kier molecular flexibility index (Phi) is 12.3. The molecule has 1 saturated heterocycles. The monoisotopic (exact) mass is 758 g/mol. The second kappa shape index (κ2) is 17.9. The summed E-state index contributed by atoms with van der Waals surface area (Å²) in [5, 5.41) is 15.3. The molecule has 1 fully saturated rings. The number of carbonyl (C=O) groups excluding carboxylic acids is 2. The van der Waals surface area contributed by atoms with Gasteiger partial charge in [0.25, 0.3) is 0 Å². The van der Waals surface area contributed by atoms with E-state index in [0.717, 1.165) is 49.0 Å². The number of thioether (sulfide) groups is 1. The van der Waals surface area contributed by atoms with Crippen LogP contribution in [0.25, 0.3) is 21.3 Å². The van der Waals surface area contributed by atoms with Gasteiger partial charge in [0.15, 0.2) is 10.6 Å². The molecule has 0 radical (unpaired) electrons. The number of thiazole rings is 1. The molecule has 9 nitrogen and oxygen atoms in total. The van der Waals surface area contributed by atoms with E-state index < -0.39 is 6.29 Å². The maximum atomic E-state index is 12.6. The maximum absolute atomic E-state index is 12.6. The molecule has 6 aromatic rings. The van der Waals surface area contributed by atoms with E-state index in [0.29, 0.717) is 30.8 Å². The van der Waals surface area contributed by atoms with Crippen LogP contribution in [0.2, 0.25) is 0 Å². The topological polar surface area (TPSA) is 136 Å². The van der Waals surface area contributed by atoms with Crippen LogP contribution in [0.1, 0.15) is 60.3 Å². The van der Waals surface area contributed by atoms with Gasteiger partial charge >= 0.3 is 0 Å². The molecular formula is C43H42N4O5S2. The van der Waals surface area contributed by atoms with E-state index >= 15 is 0 Å². The molecule has 5 aromatic carbocycles. The summed E-state index contributed by atoms with van der Waals surface area (Å²) in [5.74, 6) is 0.461. The van der Waals surface area contributed by atoms with Crippen LogP contribution in [0, 0.1) is 0 Å². The Bertz CT molecular complexity index is 2160. The summed E-state index contributed by atoms with van der Waals surface area (Å²) in [6, 6.07) is 39.5. The summed E-state index contributed by atoms with van der Waals surface area (Å²) >= 11 is 3.41. The number of nitrogens with zero attached hydrogens (tertiary/aromatic N) is 1. The zero-order valence-electron chi connectivity index (χ0n) is 29.7. The molecule has 1 aliphatic rings. The largest absolute Gasteiger partial charge is 0.397 e. The van der Waals surface area contributed by atoms with Crippen molar-refractivity contribution < 1.29 is 24.2 Å². The standard InChI is InChI=1S/C43H42N4O5S2/c44-35-9-1-2-10-36(35)46-41(50)14-6-13-40(49)45-25-29-7-5-8-33(23-29)30-19-21-32(22-20-30)42-51-34(24-38(52-42)31-17-15-28(26-48)16-18-31)27-53-43-47-37-11-3-4-12-39(37)54-43/h1-5,7-12,15-23,34,38,42,48H,6,13-14,24-27,44H2,(H,45,49)(H,46,50)/t34-,38+,42+/m0/s1. The molecule has 0 bridgehead atoms. The van der Waals surface area contributed by atoms with Gasteiger partial charge in [-0.3, -0.25) is 9.59 Å². The Morgan fingerprint density at radius 3 is 2.37 bits per heavy atom. The summed E-state index contributed by atoms with van der Waals surface area (Å²) < 4.78 is 15.4. The summed E-state index contributed by atoms with van der Waals surface area (Å²) in [7, 11) is 0. The molecule has 0 aliphatic carbocycles. The highest BCUT2D eigenvalue weighted by Crippen LogP contribution is 2.40. The van der Waals surface area contributed by atoms with Crippen molar-refractivity contribution in [3.05, 3.63) is 144 Å². The molecule has 3 atom stereocenters. The van der Waals surface area contributed by atoms with Crippen molar-refractivity contribution in [2.45, 2.75) is 61.7 Å². The highest BCUT2D eigenvalue weighted by molar-refractivity contribution is 8.01. The SMILES string of the molecule is Nc1ccccc1NC(=O)CCCC(=O)NCc1cccc(-c2ccc([C@@H]3O[C@H](CSc4nc5ccccc5s4)C[C@H](c4ccc(CO)cc4)O3)cc2)c1. The van der Waals surface area contributed by atoms with Gasteiger partial charge in [0, 0.05) is 37.1 Å². The normalized spacial score (nSPS) is 16.9. The van der Waals surface area contributed by atoms with E-state index in [4.69, 9.17) is 20.2 Å². The van der Waals surface area contributed by atoms with Crippen molar-refractivity contribution in [1.29, 1.82) is 0 Å². The van der Waals surface area contributed by atoms with Gasteiger partial charge < -0.3 is 30.9 Å². The molecule has 11 heteroatoms. The zero-order chi connectivity index (χ0) is 37.3. The highest BCUT2D eigenvalue weighted by Gasteiger charge is 2.32. The second-order valence-corrected chi connectivity index (χ2v) is 15.5. The summed E-state index contributed by atoms with van der Waals surface area (Å²) in [6.45, 7) is 0.384. The van der Waals surface area contributed by atoms with Crippen molar-refractivity contribution in [2.24, 2.45) is 0 Å². The van der Waals surface area contributed by atoms with Gasteiger partial charge in [0.1, 0.15) is 0 Å². The Labute approximate surface area is 322 Å². The Hall–Kier alpha value is -5.04. The molecule has 0 spiro atoms. The minimum Gasteiger partial charge on any atom is -0.397 e. The number of ether oxygens (including phenoxy) is 2. The van der Waals surface area contributed by atoms with Gasteiger partial charge in [-0.05, 0) is 64.6 Å². The first-order chi connectivity index (χ1) is 26.4. The van der Waals surface area contributed by atoms with Crippen molar-refractivity contribution in [1.82, 2.24) is 10.3 Å². The molecule has 54 heavy (non-hydrogen) atoms. The predicted molar refractivity (Wildman–Crippen MR) is 216 cm³/mol. The van der Waals surface area contributed by atoms with Gasteiger partial charge in [0.2, 0.25) is 11.8 Å². The fourth-order valence-corrected chi connectivity index (χ4v) is 8.43. The van der Waals surface area contributed by atoms with Gasteiger partial charge in [-0.15, -0.1) is 11.3 Å². The first kappa shape index (κ1) is 37.3. The summed E-state index contributed by atoms with van der Waals surface area (Å²) in [6.07, 6.45) is 0.821. The fraction of sp³-hybridized carbons (Fsp3) is 0.233. The number of anilines is 2. The van der Waals surface area contributed by atoms with Crippen LogP contribution in [0.4, 0.5) is 11.4 Å². The maximum Gasteiger partial charge on any atom is 0.224 e. The number of fused-ring (bicyclic) bond motifs is 1. The van der Waals surface area contributed by atoms with E-state index in [1.807, 2.05) is 84.9 Å². The number of nitrogens with two attached hydrogens (primary N) is 1. The Morgan fingerprint density at radius 1 is 0.815 bits per heavy atom. The molecule has 5 N–H and O–H groups in total. The number of aliphatic hydroxyl groups excluding tert-OH is 1. The first-order valence-electron chi connectivity index (χ1n) is 18.0. The lowest BCUT2D eigenvalue weighted by atomic mass is 9.99. The quantitative estimate of drug-likeness (QED) is 0.0640. The summed E-state index contributed by atoms with van der Waals surface area (Å²) in [4.78, 5) is 29.7. The smallest absolute Gasteiger partial charge is 0.224 e. The molecule has 1 aromatic heterocycles. The van der Waals surface area contributed by atoms with Crippen molar-refractivity contribution in [3.63, 3.8) is 0 Å². The molecule has 7 rings (SSSR count). The second-order valence-electron chi connectivity index (χ2n) is 13.2. The Morgan fingerprint density at radius 2 is 1.57 bits per heavy atom. The molecule has 2 heterocycles. The third-order valence-corrected chi connectivity index (χ3v) is 11.6. The first-order valence-corrected chi connectivity index (χ1v) is 19.8. The molecule has 0 unspecified atom stereocenters. The van der Waals surface area contributed by atoms with Crippen molar-refractivity contribution >= 4 is 56.5 Å². The van der Waals surface area contributed by atoms with E-state index in [2.05, 4.69) is 34.9 Å². The van der Waals surface area contributed by atoms with Gasteiger partial charge in [-0.25, -0.2) is 4.98 Å². The number of amides is 2. The Balaban J connectivity index is 0.955. The summed E-state index contributed by atoms with van der Waals surface area (Å²) in [5.41, 5.74) is 13.9. The number of nitrogens with one attached hydrogen (secondary N) is 2. The number of aliphatic hydroxyl groups is 1. The third-order valence-electron chi connectivity index (χ3n) is 9.26. The van der Waals surface area contributed by atoms with Crippen molar-refractivity contribution in [2.75, 3.05) is 16.8 Å². The molecular weight excluding hydrogens is 717 g/mol. The van der Waals surface area contributed by atoms with Crippen LogP contribution < -0.4 is 16.4 Å².